The van der Waals surface area contributed by atoms with E-state index in [1.807, 2.05) is 54.2 Å². The van der Waals surface area contributed by atoms with Gasteiger partial charge in [-0.1, -0.05) is 12.1 Å². The van der Waals surface area contributed by atoms with E-state index >= 15 is 0 Å². The van der Waals surface area contributed by atoms with E-state index < -0.39 is 5.82 Å². The summed E-state index contributed by atoms with van der Waals surface area (Å²) in [6.45, 7) is 2.32. The van der Waals surface area contributed by atoms with E-state index in [0.717, 1.165) is 11.3 Å². The lowest BCUT2D eigenvalue weighted by Gasteiger charge is -2.19. The zero-order valence-corrected chi connectivity index (χ0v) is 15.1. The van der Waals surface area contributed by atoms with E-state index in [1.54, 1.807) is 24.1 Å². The molecular weight excluding hydrogens is 331 g/mol. The highest BCUT2D eigenvalue weighted by Crippen LogP contribution is 2.20. The van der Waals surface area contributed by atoms with Crippen LogP contribution in [-0.2, 0) is 6.54 Å². The van der Waals surface area contributed by atoms with Crippen molar-refractivity contribution in [3.63, 3.8) is 0 Å². The highest BCUT2D eigenvalue weighted by atomic mass is 19.1. The van der Waals surface area contributed by atoms with E-state index in [9.17, 15) is 9.18 Å². The van der Waals surface area contributed by atoms with Crippen LogP contribution in [0, 0.1) is 12.7 Å². The molecule has 2 aromatic carbocycles. The predicted molar refractivity (Wildman–Crippen MR) is 99.3 cm³/mol. The quantitative estimate of drug-likeness (QED) is 0.689. The van der Waals surface area contributed by atoms with Gasteiger partial charge in [0, 0.05) is 37.2 Å². The maximum atomic E-state index is 13.8. The normalized spacial score (nSPS) is 10.6. The number of carbonyl (C=O) groups excluding carboxylic acids is 1. The van der Waals surface area contributed by atoms with E-state index in [-0.39, 0.29) is 11.7 Å². The molecule has 0 aliphatic rings. The molecule has 26 heavy (non-hydrogen) atoms. The van der Waals surface area contributed by atoms with Gasteiger partial charge in [0.15, 0.2) is 11.6 Å². The first kappa shape index (κ1) is 17.7. The van der Waals surface area contributed by atoms with Gasteiger partial charge in [0.2, 0.25) is 0 Å². The molecule has 1 amide bonds. The maximum absolute atomic E-state index is 13.8. The SMILES string of the molecule is COc1ccc(CN(C)C(=O)c2ccc(C)c(-n3cccc3)c2)cc1F. The van der Waals surface area contributed by atoms with Gasteiger partial charge in [-0.15, -0.1) is 0 Å². The molecule has 0 saturated heterocycles. The van der Waals surface area contributed by atoms with E-state index in [0.29, 0.717) is 17.7 Å². The Morgan fingerprint density at radius 2 is 1.88 bits per heavy atom. The van der Waals surface area contributed by atoms with Gasteiger partial charge in [-0.2, -0.15) is 0 Å². The number of aryl methyl sites for hydroxylation is 1. The molecule has 0 N–H and O–H groups in total. The smallest absolute Gasteiger partial charge is 0.253 e. The Hall–Kier alpha value is -3.08. The Balaban J connectivity index is 1.80. The molecule has 5 heteroatoms. The first-order valence-electron chi connectivity index (χ1n) is 8.31. The second-order valence-corrected chi connectivity index (χ2v) is 6.22. The molecule has 0 fully saturated rings. The molecule has 0 saturated carbocycles. The lowest BCUT2D eigenvalue weighted by atomic mass is 10.1. The number of hydrogen-bond acceptors (Lipinski definition) is 2. The summed E-state index contributed by atoms with van der Waals surface area (Å²) in [6, 6.07) is 14.2. The molecule has 0 aliphatic carbocycles. The number of ether oxygens (including phenoxy) is 1. The molecule has 3 rings (SSSR count). The topological polar surface area (TPSA) is 34.5 Å². The Morgan fingerprint density at radius 3 is 2.54 bits per heavy atom. The molecule has 1 aromatic heterocycles. The molecule has 0 aliphatic heterocycles. The summed E-state index contributed by atoms with van der Waals surface area (Å²) in [5.74, 6) is -0.358. The van der Waals surface area contributed by atoms with Crippen LogP contribution in [0.5, 0.6) is 5.75 Å². The Bertz CT molecular complexity index is 920. The molecule has 4 nitrogen and oxygen atoms in total. The monoisotopic (exact) mass is 352 g/mol. The fourth-order valence-electron chi connectivity index (χ4n) is 2.89. The fraction of sp³-hybridized carbons (Fsp3) is 0.190. The third-order valence-electron chi connectivity index (χ3n) is 4.32. The summed E-state index contributed by atoms with van der Waals surface area (Å²) in [5, 5.41) is 0. The van der Waals surface area contributed by atoms with Crippen molar-refractivity contribution in [2.24, 2.45) is 0 Å². The van der Waals surface area contributed by atoms with Crippen LogP contribution in [-0.4, -0.2) is 29.5 Å². The second kappa shape index (κ2) is 7.44. The number of halogens is 1. The van der Waals surface area contributed by atoms with Crippen molar-refractivity contribution >= 4 is 5.91 Å². The van der Waals surface area contributed by atoms with Gasteiger partial charge in [-0.05, 0) is 54.4 Å². The van der Waals surface area contributed by atoms with Gasteiger partial charge in [0.05, 0.1) is 7.11 Å². The van der Waals surface area contributed by atoms with E-state index in [4.69, 9.17) is 4.74 Å². The van der Waals surface area contributed by atoms with Gasteiger partial charge in [0.1, 0.15) is 0 Å². The number of methoxy groups -OCH3 is 1. The average Bonchev–Trinajstić information content (AvgIpc) is 3.16. The van der Waals surface area contributed by atoms with Crippen LogP contribution >= 0.6 is 0 Å². The molecule has 0 unspecified atom stereocenters. The minimum absolute atomic E-state index is 0.116. The Labute approximate surface area is 152 Å². The summed E-state index contributed by atoms with van der Waals surface area (Å²) < 4.78 is 20.7. The Kier molecular flexibility index (Phi) is 5.07. The average molecular weight is 352 g/mol. The molecular formula is C21H21FN2O2. The Morgan fingerprint density at radius 1 is 1.15 bits per heavy atom. The minimum Gasteiger partial charge on any atom is -0.494 e. The van der Waals surface area contributed by atoms with Crippen LogP contribution in [0.2, 0.25) is 0 Å². The molecule has 0 spiro atoms. The highest BCUT2D eigenvalue weighted by Gasteiger charge is 2.15. The zero-order chi connectivity index (χ0) is 18.7. The van der Waals surface area contributed by atoms with Crippen LogP contribution < -0.4 is 4.74 Å². The number of amides is 1. The minimum atomic E-state index is -0.434. The van der Waals surface area contributed by atoms with E-state index in [1.165, 1.54) is 13.2 Å². The molecule has 3 aromatic rings. The number of hydrogen-bond donors (Lipinski definition) is 0. The molecule has 134 valence electrons. The van der Waals surface area contributed by atoms with Crippen molar-refractivity contribution in [3.8, 4) is 11.4 Å². The first-order chi connectivity index (χ1) is 12.5. The predicted octanol–water partition coefficient (Wildman–Crippen LogP) is 4.21. The van der Waals surface area contributed by atoms with Crippen LogP contribution in [0.25, 0.3) is 5.69 Å². The van der Waals surface area contributed by atoms with Gasteiger partial charge in [-0.3, -0.25) is 4.79 Å². The molecule has 0 radical (unpaired) electrons. The zero-order valence-electron chi connectivity index (χ0n) is 15.1. The number of aromatic nitrogens is 1. The number of benzene rings is 2. The van der Waals surface area contributed by atoms with Crippen molar-refractivity contribution in [1.29, 1.82) is 0 Å². The highest BCUT2D eigenvalue weighted by molar-refractivity contribution is 5.94. The van der Waals surface area contributed by atoms with E-state index in [2.05, 4.69) is 0 Å². The molecule has 0 atom stereocenters. The van der Waals surface area contributed by atoms with Crippen LogP contribution in [0.15, 0.2) is 60.9 Å². The van der Waals surface area contributed by atoms with Gasteiger partial charge >= 0.3 is 0 Å². The molecule has 1 heterocycles. The standard InChI is InChI=1S/C21H21FN2O2/c1-15-6-8-17(13-19(15)24-10-4-5-11-24)21(25)23(2)14-16-7-9-20(26-3)18(22)12-16/h4-13H,14H2,1-3H3. The third-order valence-corrected chi connectivity index (χ3v) is 4.32. The van der Waals surface area contributed by atoms with Crippen LogP contribution in [0.1, 0.15) is 21.5 Å². The summed E-state index contributed by atoms with van der Waals surface area (Å²) in [5.41, 5.74) is 3.34. The number of carbonyl (C=O) groups is 1. The van der Waals surface area contributed by atoms with Gasteiger partial charge in [0.25, 0.3) is 5.91 Å². The number of nitrogens with zero attached hydrogens (tertiary/aromatic N) is 2. The van der Waals surface area contributed by atoms with Gasteiger partial charge < -0.3 is 14.2 Å². The van der Waals surface area contributed by atoms with Crippen molar-refractivity contribution < 1.29 is 13.9 Å². The largest absolute Gasteiger partial charge is 0.494 e. The van der Waals surface area contributed by atoms with Crippen molar-refractivity contribution in [2.45, 2.75) is 13.5 Å². The number of rotatable bonds is 5. The van der Waals surface area contributed by atoms with Crippen molar-refractivity contribution in [3.05, 3.63) is 83.4 Å². The lowest BCUT2D eigenvalue weighted by Crippen LogP contribution is -2.26. The summed E-state index contributed by atoms with van der Waals surface area (Å²) >= 11 is 0. The van der Waals surface area contributed by atoms with Crippen molar-refractivity contribution in [2.75, 3.05) is 14.2 Å². The first-order valence-corrected chi connectivity index (χ1v) is 8.31. The fourth-order valence-corrected chi connectivity index (χ4v) is 2.89. The lowest BCUT2D eigenvalue weighted by molar-refractivity contribution is 0.0785. The second-order valence-electron chi connectivity index (χ2n) is 6.22. The summed E-state index contributed by atoms with van der Waals surface area (Å²) in [4.78, 5) is 14.4. The van der Waals surface area contributed by atoms with Crippen LogP contribution in [0.3, 0.4) is 0 Å². The van der Waals surface area contributed by atoms with Crippen LogP contribution in [0.4, 0.5) is 4.39 Å². The summed E-state index contributed by atoms with van der Waals surface area (Å²) in [6.07, 6.45) is 3.89. The van der Waals surface area contributed by atoms with Crippen molar-refractivity contribution in [1.82, 2.24) is 9.47 Å². The van der Waals surface area contributed by atoms with Gasteiger partial charge in [-0.25, -0.2) is 4.39 Å². The third kappa shape index (κ3) is 3.61. The maximum Gasteiger partial charge on any atom is 0.253 e. The molecule has 0 bridgehead atoms. The summed E-state index contributed by atoms with van der Waals surface area (Å²) in [7, 11) is 3.13.